The molecular weight excluding hydrogens is 1570 g/mol. The summed E-state index contributed by atoms with van der Waals surface area (Å²) in [6.45, 7) is 12.7. The third-order valence-electron chi connectivity index (χ3n) is 21.0. The number of benzene rings is 2. The molecule has 5 rings (SSSR count). The molecule has 0 aliphatic carbocycles. The van der Waals surface area contributed by atoms with E-state index in [0.717, 1.165) is 10.5 Å². The van der Waals surface area contributed by atoms with Gasteiger partial charge in [-0.25, -0.2) is 9.59 Å². The zero-order chi connectivity index (χ0) is 89.7. The summed E-state index contributed by atoms with van der Waals surface area (Å²) < 4.78 is 47.2. The van der Waals surface area contributed by atoms with E-state index in [-0.39, 0.29) is 69.5 Å². The van der Waals surface area contributed by atoms with E-state index in [2.05, 4.69) is 42.5 Å². The van der Waals surface area contributed by atoms with Crippen LogP contribution in [0.4, 0.5) is 10.5 Å². The number of methoxy groups -OCH3 is 2. The Kier molecular flexibility index (Phi) is 40.6. The Morgan fingerprint density at radius 2 is 1.25 bits per heavy atom. The second-order valence-corrected chi connectivity index (χ2v) is 30.9. The predicted octanol–water partition coefficient (Wildman–Crippen LogP) is -2.65. The molecule has 3 fully saturated rings. The Morgan fingerprint density at radius 1 is 0.622 bits per heavy atom. The third-order valence-corrected chi connectivity index (χ3v) is 21.0. The summed E-state index contributed by atoms with van der Waals surface area (Å²) in [6, 6.07) is 6.90. The van der Waals surface area contributed by atoms with Crippen molar-refractivity contribution in [2.75, 3.05) is 79.6 Å². The van der Waals surface area contributed by atoms with Crippen LogP contribution in [0.3, 0.4) is 0 Å². The van der Waals surface area contributed by atoms with Crippen LogP contribution in [-0.4, -0.2) is 328 Å². The molecule has 119 heavy (non-hydrogen) atoms. The van der Waals surface area contributed by atoms with E-state index in [1.165, 1.54) is 50.4 Å². The van der Waals surface area contributed by atoms with Crippen LogP contribution in [0.2, 0.25) is 0 Å². The number of nitrogens with one attached hydrogen (secondary N) is 8. The number of carboxylic acid groups (broad SMARTS) is 2. The summed E-state index contributed by atoms with van der Waals surface area (Å²) >= 11 is 0. The molecule has 3 saturated heterocycles. The minimum absolute atomic E-state index is 0.00870. The van der Waals surface area contributed by atoms with Crippen molar-refractivity contribution in [2.45, 2.75) is 243 Å². The van der Waals surface area contributed by atoms with Gasteiger partial charge in [-0.1, -0.05) is 111 Å². The van der Waals surface area contributed by atoms with Crippen LogP contribution in [-0.2, 0) is 104 Å². The second-order valence-electron chi connectivity index (χ2n) is 30.9. The van der Waals surface area contributed by atoms with Crippen molar-refractivity contribution in [3.8, 4) is 0 Å². The number of aliphatic hydroxyl groups excluding tert-OH is 7. The van der Waals surface area contributed by atoms with Crippen LogP contribution in [0.25, 0.3) is 0 Å². The number of hydrogen-bond acceptors (Lipinski definition) is 27. The number of anilines is 1. The molecule has 17 N–H and O–H groups in total. The van der Waals surface area contributed by atoms with Gasteiger partial charge in [-0.05, 0) is 66.2 Å². The second kappa shape index (κ2) is 48.9. The molecule has 3 aliphatic heterocycles. The van der Waals surface area contributed by atoms with Crippen LogP contribution >= 0.6 is 0 Å². The van der Waals surface area contributed by atoms with Gasteiger partial charge in [-0.3, -0.25) is 57.6 Å². The predicted molar refractivity (Wildman–Crippen MR) is 420 cm³/mol. The zero-order valence-corrected chi connectivity index (χ0v) is 69.5. The van der Waals surface area contributed by atoms with Crippen LogP contribution in [0.5, 0.6) is 0 Å². The molecule has 11 amide bonds. The molecule has 40 heteroatoms. The van der Waals surface area contributed by atoms with Gasteiger partial charge in [0.2, 0.25) is 59.1 Å². The first-order chi connectivity index (χ1) is 56.6. The highest BCUT2D eigenvalue weighted by molar-refractivity contribution is 5.99. The Bertz CT molecular complexity index is 3700. The molecule has 0 saturated carbocycles. The van der Waals surface area contributed by atoms with Gasteiger partial charge in [0, 0.05) is 74.2 Å². The lowest BCUT2D eigenvalue weighted by Crippen LogP contribution is -2.60. The maximum atomic E-state index is 15.0. The van der Waals surface area contributed by atoms with Gasteiger partial charge in [0.15, 0.2) is 18.7 Å². The lowest BCUT2D eigenvalue weighted by Gasteiger charge is -2.41. The lowest BCUT2D eigenvalue weighted by molar-refractivity contribution is -0.301. The number of carboxylic acids is 2. The summed E-state index contributed by atoms with van der Waals surface area (Å²) in [7, 11) is 5.78. The summed E-state index contributed by atoms with van der Waals surface area (Å²) in [5, 5.41) is 111. The average molecular weight is 1690 g/mol. The number of aliphatic hydroxyl groups is 7. The Morgan fingerprint density at radius 3 is 1.84 bits per heavy atom. The van der Waals surface area contributed by atoms with Crippen LogP contribution in [0, 0.1) is 29.6 Å². The molecule has 0 spiro atoms. The first-order valence-electron chi connectivity index (χ1n) is 40.3. The van der Waals surface area contributed by atoms with Gasteiger partial charge in [0.1, 0.15) is 79.5 Å². The maximum Gasteiger partial charge on any atom is 0.410 e. The van der Waals surface area contributed by atoms with Gasteiger partial charge in [0.05, 0.1) is 69.4 Å². The number of nitrogens with zero attached hydrogens (tertiary/aromatic N) is 3. The lowest BCUT2D eigenvalue weighted by atomic mass is 9.89. The molecule has 22 atom stereocenters. The molecule has 2 aromatic rings. The maximum absolute atomic E-state index is 15.0. The number of rotatable bonds is 47. The van der Waals surface area contributed by atoms with Gasteiger partial charge >= 0.3 is 18.0 Å². The fourth-order valence-corrected chi connectivity index (χ4v) is 14.1. The third kappa shape index (κ3) is 29.6. The van der Waals surface area contributed by atoms with Gasteiger partial charge in [-0.2, -0.15) is 0 Å². The number of hydrogen-bond donors (Lipinski definition) is 17. The Balaban J connectivity index is 1.21. The van der Waals surface area contributed by atoms with E-state index in [0.29, 0.717) is 31.4 Å². The van der Waals surface area contributed by atoms with Crippen molar-refractivity contribution in [1.29, 1.82) is 0 Å². The van der Waals surface area contributed by atoms with Crippen molar-refractivity contribution in [2.24, 2.45) is 29.6 Å². The van der Waals surface area contributed by atoms with Gasteiger partial charge in [0.25, 0.3) is 0 Å². The minimum atomic E-state index is -1.91. The highest BCUT2D eigenvalue weighted by Gasteiger charge is 2.49. The highest BCUT2D eigenvalue weighted by Crippen LogP contribution is 2.31. The summed E-state index contributed by atoms with van der Waals surface area (Å²) in [6.07, 6.45) is -21.8. The molecule has 0 radical (unpaired) electrons. The number of amides is 11. The summed E-state index contributed by atoms with van der Waals surface area (Å²) in [5.74, 6) is -12.9. The van der Waals surface area contributed by atoms with Gasteiger partial charge in [-0.15, -0.1) is 0 Å². The van der Waals surface area contributed by atoms with Crippen LogP contribution < -0.4 is 42.5 Å². The van der Waals surface area contributed by atoms with Crippen LogP contribution in [0.1, 0.15) is 126 Å². The fourth-order valence-electron chi connectivity index (χ4n) is 14.1. The molecule has 668 valence electrons. The number of likely N-dealkylation sites (N-methyl/N-ethyl adjacent to an activating group) is 2. The van der Waals surface area contributed by atoms with E-state index in [9.17, 15) is 98.4 Å². The average Bonchev–Trinajstić information content (AvgIpc) is 1.25. The molecule has 3 aliphatic rings. The number of ether oxygens (including phenoxy) is 7. The quantitative estimate of drug-likeness (QED) is 0.0301. The summed E-state index contributed by atoms with van der Waals surface area (Å²) in [5.41, 5.74) is 1.24. The minimum Gasteiger partial charge on any atom is -0.481 e. The molecular formula is C79H123N11O29. The first-order valence-corrected chi connectivity index (χ1v) is 39.7. The number of carbonyl (C=O) groups excluding carboxylic acids is 11. The number of aliphatic carboxylic acids is 2. The van der Waals surface area contributed by atoms with Crippen molar-refractivity contribution < 1.29 is 143 Å². The number of carbonyl (C=O) groups is 13. The zero-order valence-electron chi connectivity index (χ0n) is 70.5. The fraction of sp³-hybridized carbons (Fsp3) is 0.684. The van der Waals surface area contributed by atoms with E-state index < -0.39 is 243 Å². The largest absolute Gasteiger partial charge is 0.481 e. The smallest absolute Gasteiger partial charge is 0.410 e. The topological polar surface area (TPSA) is 575 Å². The molecule has 40 nitrogen and oxygen atoms in total. The van der Waals surface area contributed by atoms with E-state index in [1.54, 1.807) is 90.7 Å². The molecule has 0 aromatic heterocycles. The summed E-state index contributed by atoms with van der Waals surface area (Å²) in [4.78, 5) is 179. The Labute approximate surface area is 692 Å². The van der Waals surface area contributed by atoms with E-state index >= 15 is 4.79 Å². The molecule has 4 unspecified atom stereocenters. The van der Waals surface area contributed by atoms with Crippen LogP contribution in [0.15, 0.2) is 54.6 Å². The monoisotopic (exact) mass is 1690 g/mol. The molecule has 2 aromatic carbocycles. The molecule has 3 heterocycles. The van der Waals surface area contributed by atoms with Crippen molar-refractivity contribution in [3.05, 3.63) is 65.7 Å². The van der Waals surface area contributed by atoms with Crippen molar-refractivity contribution in [3.63, 3.8) is 0 Å². The van der Waals surface area contributed by atoms with Crippen molar-refractivity contribution >= 4 is 82.8 Å². The van der Waals surface area contributed by atoms with E-state index in [1.807, 2.05) is 13.8 Å². The highest BCUT2D eigenvalue weighted by atomic mass is 16.7. The Hall–Kier alpha value is -9.17. The SMILES string of the molecule is [3H]C(CC(=O)O)C(=O)NCC(=O)NCCC(=O)N[C@H](C(=O)NC(CO[C@@H]1O[C@H](CO)[C@@H](O)[C@H](O)[C@H]1O)C(=O)Nc1ccc(COC(=O)N(C)[C@H](C(=O)NC(C(=O)N(C)[C@@H]([C@@H](C)CC)[C@@H](CC(=O)N2CCC[C@H]2[C@H](OC)[C@@H](C)C(=O)NC(Cc2ccccc2)C(=O)NCCCO[C@@H]2O[C@H](C(=O)O)[C@@H](O)[C@H](O)[C@H]2O)OC)C(C)C)C(C)C)cc1)C(C)C. The normalized spacial score (nSPS) is 23.4. The van der Waals surface area contributed by atoms with Crippen molar-refractivity contribution in [1.82, 2.24) is 51.9 Å². The standard InChI is InChI=1S/C79H123N11O29/c1-14-43(8)61(51(113-12)35-56(95)90-32-18-22-50(90)68(114-13)44(9)70(104)84-48(34-45-20-16-15-17-21-45)71(105)81-30-19-33-115-77-67(103)64(100)65(101)69(119-77)76(110)111)88(10)75(109)59(41(4)5)87-74(108)60(42(6)7)89(11)79(112)117-38-46-23-25-47(26-24-46)83-72(106)49(39-116-78-66(102)63(99)62(98)52(37-91)118-78)85-73(107)58(40(2)3)86-54(93)29-31-80-55(94)36-82-53(92)27-28-57(96)97/h15-17,20-21,23-26,40-44,48-52,58-69,77-78,91,98-103H,14,18-19,22,27-39H2,1-13H3,(H,80,94)(H,81,105)(H,82,92)(H,83,106)(H,84,104)(H,85,107)(H,86,93)(H,87,108)(H,96,97)(H,110,111)/t43-,44+,48?,49?,50-,51+,52+,58-,59?,60-,61-,62+,63-,64-,65-,66+,67+,68+,69-,77+,78+/m0/s1/i27T/t27?,43-,44+,48?,49?,50-,51+,52+,58-,59?,60-,61-,62+,63-,64-,65-,66+,67+,68+,69-,77+,78+. The molecule has 0 bridgehead atoms. The van der Waals surface area contributed by atoms with E-state index in [4.69, 9.17) is 39.6 Å². The van der Waals surface area contributed by atoms with Gasteiger partial charge < -0.3 is 131 Å². The number of likely N-dealkylation sites (tertiary alicyclic amines) is 1. The first kappa shape index (κ1) is 98.7.